The molecule has 0 N–H and O–H groups in total. The van der Waals surface area contributed by atoms with Crippen molar-refractivity contribution in [2.45, 2.75) is 38.8 Å². The van der Waals surface area contributed by atoms with E-state index < -0.39 is 17.7 Å². The highest BCUT2D eigenvalue weighted by Crippen LogP contribution is 2.39. The van der Waals surface area contributed by atoms with Gasteiger partial charge in [-0.1, -0.05) is 118 Å². The van der Waals surface area contributed by atoms with Crippen LogP contribution in [0, 0.1) is 0 Å². The zero-order chi connectivity index (χ0) is 35.5. The van der Waals surface area contributed by atoms with Crippen molar-refractivity contribution >= 4 is 55.5 Å². The number of carbonyl (C=O) groups is 2. The summed E-state index contributed by atoms with van der Waals surface area (Å²) in [4.78, 5) is 29.4. The second-order valence-corrected chi connectivity index (χ2v) is 16.0. The summed E-state index contributed by atoms with van der Waals surface area (Å²) < 4.78 is 21.6. The Labute approximate surface area is 313 Å². The van der Waals surface area contributed by atoms with E-state index in [1.54, 1.807) is 91.7 Å². The molecule has 0 heterocycles. The average molecular weight is 749 g/mol. The van der Waals surface area contributed by atoms with E-state index in [0.29, 0.717) is 23.0 Å². The fraction of sp³-hybridized carbons (Fsp3) is 0.0732. The maximum atomic E-state index is 12.5. The highest BCUT2D eigenvalue weighted by molar-refractivity contribution is 8.77. The molecule has 6 rings (SSSR count). The molecule has 0 unspecified atom stereocenters. The van der Waals surface area contributed by atoms with Crippen LogP contribution in [0.25, 0.3) is 0 Å². The van der Waals surface area contributed by atoms with E-state index in [1.165, 1.54) is 0 Å². The Morgan fingerprint density at radius 1 is 0.373 bits per heavy atom. The number of hydrogen-bond acceptors (Lipinski definition) is 10. The second-order valence-electron chi connectivity index (χ2n) is 11.5. The molecule has 6 aromatic rings. The minimum absolute atomic E-state index is 0.368. The van der Waals surface area contributed by atoms with Crippen LogP contribution < -0.4 is 18.9 Å². The molecule has 6 nitrogen and oxygen atoms in total. The Kier molecular flexibility index (Phi) is 12.3. The van der Waals surface area contributed by atoms with Crippen molar-refractivity contribution in [2.75, 3.05) is 0 Å². The molecular weight excluding hydrogens is 717 g/mol. The van der Waals surface area contributed by atoms with Crippen LogP contribution in [-0.2, 0) is 5.41 Å². The molecule has 0 saturated carbocycles. The van der Waals surface area contributed by atoms with Crippen molar-refractivity contribution in [1.29, 1.82) is 0 Å². The van der Waals surface area contributed by atoms with Gasteiger partial charge in [-0.25, -0.2) is 9.59 Å². The molecule has 0 radical (unpaired) electrons. The van der Waals surface area contributed by atoms with Gasteiger partial charge < -0.3 is 18.9 Å². The van der Waals surface area contributed by atoms with Crippen molar-refractivity contribution < 1.29 is 28.5 Å². The lowest BCUT2D eigenvalue weighted by Gasteiger charge is -2.26. The van der Waals surface area contributed by atoms with Crippen LogP contribution >= 0.6 is 43.2 Å². The van der Waals surface area contributed by atoms with Gasteiger partial charge in [-0.3, -0.25) is 0 Å². The van der Waals surface area contributed by atoms with E-state index in [0.717, 1.165) is 30.7 Å². The quantitative estimate of drug-likeness (QED) is 0.0686. The molecule has 6 aromatic carbocycles. The summed E-state index contributed by atoms with van der Waals surface area (Å²) in [5, 5.41) is 0. The van der Waals surface area contributed by atoms with E-state index >= 15 is 0 Å². The normalized spacial score (nSPS) is 11.0. The predicted molar refractivity (Wildman–Crippen MR) is 208 cm³/mol. The summed E-state index contributed by atoms with van der Waals surface area (Å²) in [6.45, 7) is 4.17. The van der Waals surface area contributed by atoms with Crippen LogP contribution in [-0.4, -0.2) is 12.3 Å². The van der Waals surface area contributed by atoms with Crippen molar-refractivity contribution in [3.05, 3.63) is 169 Å². The molecule has 0 aromatic heterocycles. The SMILES string of the molecule is CC(C)(c1ccc(OC(=O)Oc2ccc(SSc3ccccc3)cc2)cc1)c1ccc(OC(=O)Oc2ccc(SSc3ccccc3)cc2)cc1. The summed E-state index contributed by atoms with van der Waals surface area (Å²) in [5.41, 5.74) is 1.61. The van der Waals surface area contributed by atoms with Gasteiger partial charge in [0.15, 0.2) is 0 Å². The van der Waals surface area contributed by atoms with Crippen LogP contribution in [0.1, 0.15) is 25.0 Å². The molecule has 0 spiro atoms. The molecule has 0 aliphatic rings. The van der Waals surface area contributed by atoms with Crippen molar-refractivity contribution in [1.82, 2.24) is 0 Å². The number of ether oxygens (including phenoxy) is 4. The van der Waals surface area contributed by atoms with Gasteiger partial charge in [0, 0.05) is 25.0 Å². The molecule has 0 bridgehead atoms. The van der Waals surface area contributed by atoms with Gasteiger partial charge in [0.2, 0.25) is 0 Å². The smallest absolute Gasteiger partial charge is 0.395 e. The number of hydrogen-bond donors (Lipinski definition) is 0. The third kappa shape index (κ3) is 10.6. The highest BCUT2D eigenvalue weighted by atomic mass is 33.1. The fourth-order valence-electron chi connectivity index (χ4n) is 4.74. The van der Waals surface area contributed by atoms with Gasteiger partial charge in [0.05, 0.1) is 0 Å². The van der Waals surface area contributed by atoms with Crippen LogP contribution in [0.15, 0.2) is 177 Å². The largest absolute Gasteiger partial charge is 0.519 e. The summed E-state index contributed by atoms with van der Waals surface area (Å²) in [5.74, 6) is 1.53. The standard InChI is InChI=1S/C41H32O6S4/c1-41(2,29-13-17-31(18-14-29)44-39(42)46-33-21-25-37(26-22-33)50-48-35-9-5-3-6-10-35)30-15-19-32(20-16-30)45-40(43)47-34-23-27-38(28-24-34)51-49-36-11-7-4-8-12-36/h3-28H,1-2H3. The maximum Gasteiger partial charge on any atom is 0.519 e. The first-order valence-electron chi connectivity index (χ1n) is 15.8. The predicted octanol–water partition coefficient (Wildman–Crippen LogP) is 12.8. The molecule has 256 valence electrons. The molecule has 0 aliphatic carbocycles. The number of rotatable bonds is 12. The lowest BCUT2D eigenvalue weighted by molar-refractivity contribution is 0.150. The van der Waals surface area contributed by atoms with Crippen molar-refractivity contribution in [3.8, 4) is 23.0 Å². The molecule has 10 heteroatoms. The van der Waals surface area contributed by atoms with Gasteiger partial charge in [-0.2, -0.15) is 0 Å². The van der Waals surface area contributed by atoms with Crippen LogP contribution in [0.3, 0.4) is 0 Å². The summed E-state index contributed by atoms with van der Waals surface area (Å²) in [7, 11) is 6.58. The van der Waals surface area contributed by atoms with Crippen LogP contribution in [0.4, 0.5) is 9.59 Å². The summed E-state index contributed by atoms with van der Waals surface area (Å²) in [6.07, 6.45) is -1.63. The lowest BCUT2D eigenvalue weighted by Crippen LogP contribution is -2.19. The Morgan fingerprint density at radius 2 is 0.627 bits per heavy atom. The van der Waals surface area contributed by atoms with Gasteiger partial charge in [-0.05, 0) is 108 Å². The third-order valence-electron chi connectivity index (χ3n) is 7.56. The summed E-state index contributed by atoms with van der Waals surface area (Å²) in [6, 6.07) is 49.4. The fourth-order valence-corrected chi connectivity index (χ4v) is 8.65. The summed E-state index contributed by atoms with van der Waals surface area (Å²) >= 11 is 0. The zero-order valence-corrected chi connectivity index (χ0v) is 30.9. The molecular formula is C41H32O6S4. The topological polar surface area (TPSA) is 71.1 Å². The highest BCUT2D eigenvalue weighted by Gasteiger charge is 2.24. The van der Waals surface area contributed by atoms with Gasteiger partial charge in [0.1, 0.15) is 23.0 Å². The molecule has 0 saturated heterocycles. The Hall–Kier alpha value is -4.74. The van der Waals surface area contributed by atoms with Crippen LogP contribution in [0.5, 0.6) is 23.0 Å². The minimum Gasteiger partial charge on any atom is -0.395 e. The van der Waals surface area contributed by atoms with Crippen molar-refractivity contribution in [2.24, 2.45) is 0 Å². The van der Waals surface area contributed by atoms with Gasteiger partial charge in [-0.15, -0.1) is 0 Å². The average Bonchev–Trinajstić information content (AvgIpc) is 3.15. The molecule has 0 aliphatic heterocycles. The Morgan fingerprint density at radius 3 is 0.922 bits per heavy atom. The van der Waals surface area contributed by atoms with E-state index in [9.17, 15) is 9.59 Å². The van der Waals surface area contributed by atoms with Gasteiger partial charge >= 0.3 is 12.3 Å². The zero-order valence-electron chi connectivity index (χ0n) is 27.6. The number of benzene rings is 6. The Balaban J connectivity index is 0.960. The minimum atomic E-state index is -0.816. The first-order chi connectivity index (χ1) is 24.8. The van der Waals surface area contributed by atoms with E-state index in [4.69, 9.17) is 18.9 Å². The van der Waals surface area contributed by atoms with Gasteiger partial charge in [0.25, 0.3) is 0 Å². The van der Waals surface area contributed by atoms with E-state index in [1.807, 2.05) is 84.9 Å². The first-order valence-corrected chi connectivity index (χ1v) is 20.1. The van der Waals surface area contributed by atoms with E-state index in [2.05, 4.69) is 38.1 Å². The van der Waals surface area contributed by atoms with E-state index in [-0.39, 0.29) is 0 Å². The monoisotopic (exact) mass is 748 g/mol. The molecule has 0 amide bonds. The Bertz CT molecular complexity index is 1870. The second kappa shape index (κ2) is 17.5. The molecule has 0 atom stereocenters. The molecule has 0 fully saturated rings. The molecule has 51 heavy (non-hydrogen) atoms. The number of carbonyl (C=O) groups excluding carboxylic acids is 2. The van der Waals surface area contributed by atoms with Crippen LogP contribution in [0.2, 0.25) is 0 Å². The third-order valence-corrected chi connectivity index (χ3v) is 12.4. The maximum absolute atomic E-state index is 12.5. The van der Waals surface area contributed by atoms with Crippen molar-refractivity contribution in [3.63, 3.8) is 0 Å². The first kappa shape index (κ1) is 36.1. The lowest BCUT2D eigenvalue weighted by atomic mass is 9.78.